The number of hydrogen-bond acceptors (Lipinski definition) is 4. The average molecular weight is 268 g/mol. The van der Waals surface area contributed by atoms with Crippen LogP contribution in [0.15, 0.2) is 23.4 Å². The Labute approximate surface area is 114 Å². The first-order valence-corrected chi connectivity index (χ1v) is 7.50. The van der Waals surface area contributed by atoms with Crippen molar-refractivity contribution < 1.29 is 5.11 Å². The van der Waals surface area contributed by atoms with Gasteiger partial charge in [-0.3, -0.25) is 0 Å². The number of pyridine rings is 1. The van der Waals surface area contributed by atoms with Crippen molar-refractivity contribution in [3.8, 4) is 0 Å². The molecule has 1 aromatic heterocycles. The quantitative estimate of drug-likeness (QED) is 0.711. The van der Waals surface area contributed by atoms with Crippen LogP contribution in [0.1, 0.15) is 26.3 Å². The highest BCUT2D eigenvalue weighted by molar-refractivity contribution is 7.99. The molecule has 1 heterocycles. The van der Waals surface area contributed by atoms with Crippen LogP contribution in [0.2, 0.25) is 0 Å². The van der Waals surface area contributed by atoms with Crippen LogP contribution < -0.4 is 5.32 Å². The minimum Gasteiger partial charge on any atom is -0.396 e. The van der Waals surface area contributed by atoms with E-state index in [0.29, 0.717) is 11.8 Å². The SMILES string of the molecule is CC(C)CNCc1cccnc1SCC(C)CO. The Balaban J connectivity index is 2.50. The minimum atomic E-state index is 0.237. The second-order valence-corrected chi connectivity index (χ2v) is 6.10. The number of thioether (sulfide) groups is 1. The van der Waals surface area contributed by atoms with Crippen LogP contribution in [0.3, 0.4) is 0 Å². The molecule has 4 heteroatoms. The summed E-state index contributed by atoms with van der Waals surface area (Å²) in [7, 11) is 0. The Hall–Kier alpha value is -0.580. The molecule has 0 aliphatic heterocycles. The van der Waals surface area contributed by atoms with Gasteiger partial charge in [-0.2, -0.15) is 0 Å². The molecule has 0 saturated carbocycles. The first kappa shape index (κ1) is 15.5. The van der Waals surface area contributed by atoms with Gasteiger partial charge in [0.15, 0.2) is 0 Å². The topological polar surface area (TPSA) is 45.2 Å². The fourth-order valence-corrected chi connectivity index (χ4v) is 2.47. The first-order chi connectivity index (χ1) is 8.63. The Morgan fingerprint density at radius 1 is 1.39 bits per heavy atom. The lowest BCUT2D eigenvalue weighted by Gasteiger charge is -2.12. The molecule has 0 saturated heterocycles. The smallest absolute Gasteiger partial charge is 0.100 e. The number of aromatic nitrogens is 1. The fourth-order valence-electron chi connectivity index (χ4n) is 1.46. The summed E-state index contributed by atoms with van der Waals surface area (Å²) in [4.78, 5) is 4.42. The third kappa shape index (κ3) is 5.85. The Bertz CT molecular complexity index is 344. The molecule has 0 amide bonds. The molecule has 0 aliphatic carbocycles. The minimum absolute atomic E-state index is 0.237. The molecular formula is C14H24N2OS. The van der Waals surface area contributed by atoms with Gasteiger partial charge in [-0.1, -0.05) is 26.8 Å². The zero-order valence-corrected chi connectivity index (χ0v) is 12.3. The van der Waals surface area contributed by atoms with Gasteiger partial charge in [-0.25, -0.2) is 4.98 Å². The molecular weight excluding hydrogens is 244 g/mol. The van der Waals surface area contributed by atoms with Crippen LogP contribution in [-0.2, 0) is 6.54 Å². The van der Waals surface area contributed by atoms with Gasteiger partial charge in [0, 0.05) is 25.1 Å². The molecule has 1 unspecified atom stereocenters. The van der Waals surface area contributed by atoms with Crippen LogP contribution in [0.25, 0.3) is 0 Å². The van der Waals surface area contributed by atoms with Gasteiger partial charge < -0.3 is 10.4 Å². The van der Waals surface area contributed by atoms with E-state index in [0.717, 1.165) is 23.9 Å². The fraction of sp³-hybridized carbons (Fsp3) is 0.643. The molecule has 0 aromatic carbocycles. The van der Waals surface area contributed by atoms with Crippen LogP contribution in [0.4, 0.5) is 0 Å². The lowest BCUT2D eigenvalue weighted by Crippen LogP contribution is -2.19. The van der Waals surface area contributed by atoms with Crippen molar-refractivity contribution in [2.24, 2.45) is 11.8 Å². The molecule has 3 nitrogen and oxygen atoms in total. The summed E-state index contributed by atoms with van der Waals surface area (Å²) >= 11 is 1.73. The van der Waals surface area contributed by atoms with E-state index >= 15 is 0 Å². The molecule has 0 bridgehead atoms. The van der Waals surface area contributed by atoms with Crippen molar-refractivity contribution in [2.45, 2.75) is 32.3 Å². The summed E-state index contributed by atoms with van der Waals surface area (Å²) in [5.74, 6) is 1.88. The van der Waals surface area contributed by atoms with Crippen molar-refractivity contribution in [1.29, 1.82) is 0 Å². The van der Waals surface area contributed by atoms with Crippen LogP contribution >= 0.6 is 11.8 Å². The zero-order chi connectivity index (χ0) is 13.4. The number of aliphatic hydroxyl groups is 1. The van der Waals surface area contributed by atoms with Crippen molar-refractivity contribution in [3.63, 3.8) is 0 Å². The Kier molecular flexibility index (Phi) is 7.32. The largest absolute Gasteiger partial charge is 0.396 e. The molecule has 0 spiro atoms. The molecule has 2 N–H and O–H groups in total. The normalized spacial score (nSPS) is 12.9. The number of rotatable bonds is 8. The number of aliphatic hydroxyl groups excluding tert-OH is 1. The van der Waals surface area contributed by atoms with E-state index in [9.17, 15) is 0 Å². The zero-order valence-electron chi connectivity index (χ0n) is 11.5. The van der Waals surface area contributed by atoms with Crippen LogP contribution in [0.5, 0.6) is 0 Å². The lowest BCUT2D eigenvalue weighted by molar-refractivity contribution is 0.250. The van der Waals surface area contributed by atoms with E-state index in [1.54, 1.807) is 11.8 Å². The van der Waals surface area contributed by atoms with Gasteiger partial charge in [-0.15, -0.1) is 11.8 Å². The molecule has 1 rings (SSSR count). The Morgan fingerprint density at radius 2 is 2.17 bits per heavy atom. The predicted octanol–water partition coefficient (Wildman–Crippen LogP) is 2.55. The van der Waals surface area contributed by atoms with Crippen LogP contribution in [-0.4, -0.2) is 29.0 Å². The van der Waals surface area contributed by atoms with Crippen LogP contribution in [0, 0.1) is 11.8 Å². The second-order valence-electron chi connectivity index (χ2n) is 5.09. The number of nitrogens with zero attached hydrogens (tertiary/aromatic N) is 1. The maximum Gasteiger partial charge on any atom is 0.100 e. The van der Waals surface area contributed by atoms with Gasteiger partial charge in [0.25, 0.3) is 0 Å². The number of hydrogen-bond donors (Lipinski definition) is 2. The highest BCUT2D eigenvalue weighted by Gasteiger charge is 2.07. The maximum absolute atomic E-state index is 9.04. The highest BCUT2D eigenvalue weighted by Crippen LogP contribution is 2.22. The third-order valence-electron chi connectivity index (χ3n) is 2.53. The van der Waals surface area contributed by atoms with E-state index in [2.05, 4.69) is 30.2 Å². The Morgan fingerprint density at radius 3 is 2.83 bits per heavy atom. The molecule has 0 radical (unpaired) electrons. The van der Waals surface area contributed by atoms with Gasteiger partial charge >= 0.3 is 0 Å². The molecule has 1 atom stereocenters. The van der Waals surface area contributed by atoms with Gasteiger partial charge in [0.05, 0.1) is 0 Å². The van der Waals surface area contributed by atoms with Gasteiger partial charge in [0.1, 0.15) is 5.03 Å². The van der Waals surface area contributed by atoms with E-state index in [4.69, 9.17) is 5.11 Å². The summed E-state index contributed by atoms with van der Waals surface area (Å²) in [6.07, 6.45) is 1.83. The van der Waals surface area contributed by atoms with E-state index in [-0.39, 0.29) is 6.61 Å². The third-order valence-corrected chi connectivity index (χ3v) is 3.91. The average Bonchev–Trinajstić information content (AvgIpc) is 2.36. The second kappa shape index (κ2) is 8.51. The summed E-state index contributed by atoms with van der Waals surface area (Å²) in [5, 5.41) is 13.6. The summed E-state index contributed by atoms with van der Waals surface area (Å²) in [6, 6.07) is 4.10. The van der Waals surface area contributed by atoms with Crippen molar-refractivity contribution >= 4 is 11.8 Å². The summed E-state index contributed by atoms with van der Waals surface area (Å²) in [6.45, 7) is 8.57. The van der Waals surface area contributed by atoms with Gasteiger partial charge in [-0.05, 0) is 30.0 Å². The van der Waals surface area contributed by atoms with E-state index < -0.39 is 0 Å². The number of nitrogens with one attached hydrogen (secondary N) is 1. The van der Waals surface area contributed by atoms with E-state index in [1.165, 1.54) is 5.56 Å². The molecule has 0 fully saturated rings. The predicted molar refractivity (Wildman–Crippen MR) is 77.8 cm³/mol. The monoisotopic (exact) mass is 268 g/mol. The first-order valence-electron chi connectivity index (χ1n) is 6.51. The van der Waals surface area contributed by atoms with Crippen molar-refractivity contribution in [3.05, 3.63) is 23.9 Å². The standard InChI is InChI=1S/C14H24N2OS/c1-11(2)7-15-8-13-5-4-6-16-14(13)18-10-12(3)9-17/h4-6,11-12,15,17H,7-10H2,1-3H3. The van der Waals surface area contributed by atoms with Crippen molar-refractivity contribution in [1.82, 2.24) is 10.3 Å². The van der Waals surface area contributed by atoms with E-state index in [1.807, 2.05) is 19.2 Å². The highest BCUT2D eigenvalue weighted by atomic mass is 32.2. The maximum atomic E-state index is 9.04. The van der Waals surface area contributed by atoms with Gasteiger partial charge in [0.2, 0.25) is 0 Å². The lowest BCUT2D eigenvalue weighted by atomic mass is 10.2. The molecule has 1 aromatic rings. The molecule has 102 valence electrons. The summed E-state index contributed by atoms with van der Waals surface area (Å²) in [5.41, 5.74) is 1.24. The molecule has 0 aliphatic rings. The summed E-state index contributed by atoms with van der Waals surface area (Å²) < 4.78 is 0. The molecule has 18 heavy (non-hydrogen) atoms. The van der Waals surface area contributed by atoms with Crippen molar-refractivity contribution in [2.75, 3.05) is 18.9 Å².